The minimum absolute atomic E-state index is 0.0613. The number of rotatable bonds is 3. The van der Waals surface area contributed by atoms with Gasteiger partial charge in [0.25, 0.3) is 0 Å². The van der Waals surface area contributed by atoms with Gasteiger partial charge in [-0.3, -0.25) is 0 Å². The Kier molecular flexibility index (Phi) is 3.88. The Balaban J connectivity index is 2.23. The lowest BCUT2D eigenvalue weighted by molar-refractivity contribution is -0.00482. The number of methoxy groups -OCH3 is 1. The fourth-order valence-corrected chi connectivity index (χ4v) is 2.54. The van der Waals surface area contributed by atoms with Crippen LogP contribution in [0.4, 0.5) is 5.82 Å². The van der Waals surface area contributed by atoms with Crippen molar-refractivity contribution in [2.75, 3.05) is 25.1 Å². The highest BCUT2D eigenvalue weighted by atomic mass is 16.5. The first kappa shape index (κ1) is 13.3. The van der Waals surface area contributed by atoms with Crippen LogP contribution in [0.1, 0.15) is 31.0 Å². The molecule has 2 heterocycles. The van der Waals surface area contributed by atoms with E-state index in [9.17, 15) is 5.11 Å². The second-order valence-electron chi connectivity index (χ2n) is 5.31. The molecule has 0 aromatic carbocycles. The third-order valence-corrected chi connectivity index (χ3v) is 3.66. The second kappa shape index (κ2) is 5.24. The molecule has 0 radical (unpaired) electrons. The van der Waals surface area contributed by atoms with Crippen molar-refractivity contribution >= 4 is 5.82 Å². The molecule has 1 N–H and O–H groups in total. The molecule has 4 heteroatoms. The second-order valence-corrected chi connectivity index (χ2v) is 5.31. The van der Waals surface area contributed by atoms with E-state index < -0.39 is 0 Å². The fourth-order valence-electron chi connectivity index (χ4n) is 2.54. The third-order valence-electron chi connectivity index (χ3n) is 3.66. The molecule has 100 valence electrons. The molecule has 0 bridgehead atoms. The Bertz CT molecular complexity index is 422. The van der Waals surface area contributed by atoms with Crippen LogP contribution < -0.4 is 4.90 Å². The lowest BCUT2D eigenvalue weighted by Crippen LogP contribution is -2.47. The summed E-state index contributed by atoms with van der Waals surface area (Å²) in [7, 11) is 1.77. The quantitative estimate of drug-likeness (QED) is 0.890. The minimum Gasteiger partial charge on any atom is -0.392 e. The Morgan fingerprint density at radius 3 is 2.94 bits per heavy atom. The average molecular weight is 250 g/mol. The summed E-state index contributed by atoms with van der Waals surface area (Å²) in [5, 5.41) is 9.26. The van der Waals surface area contributed by atoms with E-state index in [1.54, 1.807) is 7.11 Å². The molecule has 1 atom stereocenters. The highest BCUT2D eigenvalue weighted by Crippen LogP contribution is 2.27. The monoisotopic (exact) mass is 250 g/mol. The van der Waals surface area contributed by atoms with Gasteiger partial charge in [-0.15, -0.1) is 0 Å². The number of aliphatic hydroxyl groups is 1. The summed E-state index contributed by atoms with van der Waals surface area (Å²) < 4.78 is 5.60. The van der Waals surface area contributed by atoms with Crippen molar-refractivity contribution < 1.29 is 9.84 Å². The van der Waals surface area contributed by atoms with E-state index >= 15 is 0 Å². The number of aryl methyl sites for hydroxylation is 1. The first-order valence-corrected chi connectivity index (χ1v) is 6.45. The van der Waals surface area contributed by atoms with Gasteiger partial charge in [-0.05, 0) is 44.4 Å². The van der Waals surface area contributed by atoms with Crippen molar-refractivity contribution in [1.82, 2.24) is 4.98 Å². The fraction of sp³-hybridized carbons (Fsp3) is 0.643. The lowest BCUT2D eigenvalue weighted by atomic mass is 9.94. The van der Waals surface area contributed by atoms with Gasteiger partial charge in [-0.1, -0.05) is 0 Å². The maximum Gasteiger partial charge on any atom is 0.129 e. The van der Waals surface area contributed by atoms with E-state index in [-0.39, 0.29) is 12.2 Å². The summed E-state index contributed by atoms with van der Waals surface area (Å²) in [5.74, 6) is 0.946. The SMILES string of the molecule is COC1(C)CCCN(c2cc(CO)cc(C)n2)C1. The van der Waals surface area contributed by atoms with Gasteiger partial charge in [-0.25, -0.2) is 4.98 Å². The Morgan fingerprint density at radius 2 is 2.28 bits per heavy atom. The minimum atomic E-state index is -0.0942. The summed E-state index contributed by atoms with van der Waals surface area (Å²) in [6.07, 6.45) is 2.19. The van der Waals surface area contributed by atoms with Crippen LogP contribution in [-0.4, -0.2) is 35.9 Å². The highest BCUT2D eigenvalue weighted by Gasteiger charge is 2.31. The Hall–Kier alpha value is -1.13. The summed E-state index contributed by atoms with van der Waals surface area (Å²) >= 11 is 0. The highest BCUT2D eigenvalue weighted by molar-refractivity contribution is 5.43. The summed E-state index contributed by atoms with van der Waals surface area (Å²) in [6.45, 7) is 6.01. The van der Waals surface area contributed by atoms with Crippen LogP contribution in [0.25, 0.3) is 0 Å². The van der Waals surface area contributed by atoms with Crippen molar-refractivity contribution in [2.24, 2.45) is 0 Å². The smallest absolute Gasteiger partial charge is 0.129 e. The van der Waals surface area contributed by atoms with Crippen molar-refractivity contribution in [3.63, 3.8) is 0 Å². The van der Waals surface area contributed by atoms with E-state index in [1.807, 2.05) is 19.1 Å². The van der Waals surface area contributed by atoms with Gasteiger partial charge in [0.1, 0.15) is 5.82 Å². The standard InChI is InChI=1S/C14H22N2O2/c1-11-7-12(9-17)8-13(15-11)16-6-4-5-14(2,10-16)18-3/h7-8,17H,4-6,9-10H2,1-3H3. The van der Waals surface area contributed by atoms with Gasteiger partial charge in [-0.2, -0.15) is 0 Å². The number of pyridine rings is 1. The number of hydrogen-bond donors (Lipinski definition) is 1. The summed E-state index contributed by atoms with van der Waals surface area (Å²) in [6, 6.07) is 3.89. The topological polar surface area (TPSA) is 45.6 Å². The van der Waals surface area contributed by atoms with Gasteiger partial charge in [0.05, 0.1) is 12.2 Å². The van der Waals surface area contributed by atoms with Crippen LogP contribution in [0.2, 0.25) is 0 Å². The van der Waals surface area contributed by atoms with Crippen LogP contribution in [-0.2, 0) is 11.3 Å². The molecule has 0 aliphatic carbocycles. The predicted molar refractivity (Wildman–Crippen MR) is 71.8 cm³/mol. The molecule has 1 fully saturated rings. The maximum absolute atomic E-state index is 9.26. The van der Waals surface area contributed by atoms with Crippen molar-refractivity contribution in [3.05, 3.63) is 23.4 Å². The molecule has 0 amide bonds. The zero-order chi connectivity index (χ0) is 13.2. The van der Waals surface area contributed by atoms with Gasteiger partial charge < -0.3 is 14.7 Å². The van der Waals surface area contributed by atoms with E-state index in [4.69, 9.17) is 4.74 Å². The largest absolute Gasteiger partial charge is 0.392 e. The normalized spacial score (nSPS) is 24.3. The molecule has 1 aromatic heterocycles. The predicted octanol–water partition coefficient (Wildman–Crippen LogP) is 1.89. The molecule has 1 aromatic rings. The van der Waals surface area contributed by atoms with Crippen molar-refractivity contribution in [1.29, 1.82) is 0 Å². The zero-order valence-corrected chi connectivity index (χ0v) is 11.4. The van der Waals surface area contributed by atoms with E-state index in [0.717, 1.165) is 43.0 Å². The van der Waals surface area contributed by atoms with Crippen LogP contribution in [0.3, 0.4) is 0 Å². The van der Waals surface area contributed by atoms with Crippen molar-refractivity contribution in [3.8, 4) is 0 Å². The maximum atomic E-state index is 9.26. The molecule has 18 heavy (non-hydrogen) atoms. The van der Waals surface area contributed by atoms with Gasteiger partial charge in [0.15, 0.2) is 0 Å². The first-order chi connectivity index (χ1) is 8.56. The molecular weight excluding hydrogens is 228 g/mol. The van der Waals surface area contributed by atoms with E-state index in [1.165, 1.54) is 0 Å². The summed E-state index contributed by atoms with van der Waals surface area (Å²) in [4.78, 5) is 6.81. The van der Waals surface area contributed by atoms with Crippen molar-refractivity contribution in [2.45, 2.75) is 38.9 Å². The number of aliphatic hydroxyl groups excluding tert-OH is 1. The number of hydrogen-bond acceptors (Lipinski definition) is 4. The van der Waals surface area contributed by atoms with E-state index in [2.05, 4.69) is 16.8 Å². The molecular formula is C14H22N2O2. The van der Waals surface area contributed by atoms with Crippen LogP contribution in [0, 0.1) is 6.92 Å². The Labute approximate surface area is 109 Å². The number of piperidine rings is 1. The molecule has 2 rings (SSSR count). The molecule has 1 saturated heterocycles. The lowest BCUT2D eigenvalue weighted by Gasteiger charge is -2.40. The van der Waals surface area contributed by atoms with Gasteiger partial charge >= 0.3 is 0 Å². The number of ether oxygens (including phenoxy) is 1. The number of nitrogens with zero attached hydrogens (tertiary/aromatic N) is 2. The number of aromatic nitrogens is 1. The van der Waals surface area contributed by atoms with Crippen LogP contribution in [0.15, 0.2) is 12.1 Å². The summed E-state index contributed by atoms with van der Waals surface area (Å²) in [5.41, 5.74) is 1.77. The Morgan fingerprint density at radius 1 is 1.50 bits per heavy atom. The molecule has 1 unspecified atom stereocenters. The van der Waals surface area contributed by atoms with Crippen LogP contribution in [0.5, 0.6) is 0 Å². The zero-order valence-electron chi connectivity index (χ0n) is 11.4. The number of anilines is 1. The van der Waals surface area contributed by atoms with Gasteiger partial charge in [0.2, 0.25) is 0 Å². The third kappa shape index (κ3) is 2.82. The van der Waals surface area contributed by atoms with Crippen LogP contribution >= 0.6 is 0 Å². The molecule has 1 aliphatic rings. The molecule has 0 spiro atoms. The van der Waals surface area contributed by atoms with Gasteiger partial charge in [0, 0.05) is 25.9 Å². The first-order valence-electron chi connectivity index (χ1n) is 6.45. The molecule has 1 aliphatic heterocycles. The average Bonchev–Trinajstić information content (AvgIpc) is 2.38. The van der Waals surface area contributed by atoms with E-state index in [0.29, 0.717) is 0 Å². The molecule has 4 nitrogen and oxygen atoms in total. The molecule has 0 saturated carbocycles.